The summed E-state index contributed by atoms with van der Waals surface area (Å²) in [5, 5.41) is 7.20. The van der Waals surface area contributed by atoms with E-state index in [2.05, 4.69) is 10.4 Å². The summed E-state index contributed by atoms with van der Waals surface area (Å²) in [5.74, 6) is 0.212. The van der Waals surface area contributed by atoms with Gasteiger partial charge in [0.15, 0.2) is 0 Å². The maximum Gasteiger partial charge on any atom is 0.324 e. The third-order valence-corrected chi connectivity index (χ3v) is 5.24. The molecule has 0 aliphatic carbocycles. The lowest BCUT2D eigenvalue weighted by atomic mass is 9.94. The largest absolute Gasteiger partial charge is 0.381 e. The molecule has 2 saturated heterocycles. The Morgan fingerprint density at radius 3 is 2.81 bits per heavy atom. The van der Waals surface area contributed by atoms with Gasteiger partial charge >= 0.3 is 6.03 Å². The molecule has 0 bridgehead atoms. The zero-order chi connectivity index (χ0) is 18.6. The Hall–Kier alpha value is -2.67. The smallest absolute Gasteiger partial charge is 0.324 e. The summed E-state index contributed by atoms with van der Waals surface area (Å²) in [5.41, 5.74) is 1.93. The third kappa shape index (κ3) is 3.88. The highest BCUT2D eigenvalue weighted by molar-refractivity contribution is 6.04. The monoisotopic (exact) mass is 368 g/mol. The summed E-state index contributed by atoms with van der Waals surface area (Å²) < 4.78 is 7.33. The average molecular weight is 368 g/mol. The Kier molecular flexibility index (Phi) is 5.20. The van der Waals surface area contributed by atoms with E-state index < -0.39 is 6.04 Å². The lowest BCUT2D eigenvalue weighted by Crippen LogP contribution is -2.35. The van der Waals surface area contributed by atoms with Crippen LogP contribution in [0, 0.1) is 5.92 Å². The van der Waals surface area contributed by atoms with Crippen molar-refractivity contribution in [2.24, 2.45) is 5.92 Å². The zero-order valence-electron chi connectivity index (χ0n) is 15.2. The van der Waals surface area contributed by atoms with E-state index in [0.717, 1.165) is 30.8 Å². The number of nitrogens with zero attached hydrogens (tertiary/aromatic N) is 3. The van der Waals surface area contributed by atoms with Gasteiger partial charge in [-0.1, -0.05) is 18.2 Å². The highest BCUT2D eigenvalue weighted by Gasteiger charge is 2.39. The molecule has 2 unspecified atom stereocenters. The van der Waals surface area contributed by atoms with Crippen LogP contribution in [0.25, 0.3) is 5.69 Å². The average Bonchev–Trinajstić information content (AvgIpc) is 3.27. The standard InChI is InChI=1S/C20H24N4O3/c25-19-18(13-15-5-4-12-27-14-15)22-20(26)23(19)11-9-17-8-10-21-24(17)16-6-2-1-3-7-16/h1-3,6-8,10,15,18H,4-5,9,11-14H2,(H,22,26). The summed E-state index contributed by atoms with van der Waals surface area (Å²) in [6.07, 6.45) is 5.03. The fraction of sp³-hybridized carbons (Fsp3) is 0.450. The third-order valence-electron chi connectivity index (χ3n) is 5.24. The summed E-state index contributed by atoms with van der Waals surface area (Å²) >= 11 is 0. The van der Waals surface area contributed by atoms with Gasteiger partial charge in [0.05, 0.1) is 5.69 Å². The SMILES string of the molecule is O=C1NC(CC2CCCOC2)C(=O)N1CCc1ccnn1-c1ccccc1. The molecule has 1 aromatic carbocycles. The first-order valence-electron chi connectivity index (χ1n) is 9.50. The molecule has 3 heterocycles. The van der Waals surface area contributed by atoms with Crippen molar-refractivity contribution >= 4 is 11.9 Å². The van der Waals surface area contributed by atoms with Gasteiger partial charge in [-0.3, -0.25) is 9.69 Å². The van der Waals surface area contributed by atoms with Crippen molar-refractivity contribution < 1.29 is 14.3 Å². The second kappa shape index (κ2) is 7.92. The van der Waals surface area contributed by atoms with E-state index in [4.69, 9.17) is 4.74 Å². The lowest BCUT2D eigenvalue weighted by molar-refractivity contribution is -0.128. The van der Waals surface area contributed by atoms with Crippen LogP contribution in [-0.2, 0) is 16.0 Å². The quantitative estimate of drug-likeness (QED) is 0.793. The fourth-order valence-electron chi connectivity index (χ4n) is 3.82. The second-order valence-electron chi connectivity index (χ2n) is 7.13. The van der Waals surface area contributed by atoms with Crippen molar-refractivity contribution in [2.75, 3.05) is 19.8 Å². The minimum atomic E-state index is -0.428. The number of imide groups is 1. The number of benzene rings is 1. The Bertz CT molecular complexity index is 799. The van der Waals surface area contributed by atoms with E-state index in [9.17, 15) is 9.59 Å². The van der Waals surface area contributed by atoms with Crippen LogP contribution in [0.5, 0.6) is 0 Å². The van der Waals surface area contributed by atoms with Crippen molar-refractivity contribution in [3.63, 3.8) is 0 Å². The second-order valence-corrected chi connectivity index (χ2v) is 7.13. The molecule has 2 atom stereocenters. The van der Waals surface area contributed by atoms with Crippen LogP contribution in [0.15, 0.2) is 42.6 Å². The molecule has 142 valence electrons. The van der Waals surface area contributed by atoms with Gasteiger partial charge in [-0.2, -0.15) is 5.10 Å². The topological polar surface area (TPSA) is 76.5 Å². The van der Waals surface area contributed by atoms with E-state index in [1.54, 1.807) is 6.20 Å². The molecule has 7 nitrogen and oxygen atoms in total. The van der Waals surface area contributed by atoms with Crippen LogP contribution in [0.3, 0.4) is 0 Å². The maximum absolute atomic E-state index is 12.7. The Balaban J connectivity index is 1.38. The molecule has 0 radical (unpaired) electrons. The molecule has 0 spiro atoms. The molecule has 7 heteroatoms. The highest BCUT2D eigenvalue weighted by atomic mass is 16.5. The molecule has 4 rings (SSSR count). The van der Waals surface area contributed by atoms with Crippen LogP contribution in [0.1, 0.15) is 25.0 Å². The van der Waals surface area contributed by atoms with Gasteiger partial charge in [0.25, 0.3) is 5.91 Å². The van der Waals surface area contributed by atoms with E-state index in [1.807, 2.05) is 41.1 Å². The van der Waals surface area contributed by atoms with E-state index in [0.29, 0.717) is 31.9 Å². The Morgan fingerprint density at radius 1 is 1.19 bits per heavy atom. The van der Waals surface area contributed by atoms with Gasteiger partial charge in [0.2, 0.25) is 0 Å². The Labute approximate surface area is 158 Å². The molecule has 2 aliphatic rings. The normalized spacial score (nSPS) is 22.9. The number of carbonyl (C=O) groups excluding carboxylic acids is 2. The first-order chi connectivity index (χ1) is 13.2. The van der Waals surface area contributed by atoms with Crippen molar-refractivity contribution in [2.45, 2.75) is 31.7 Å². The van der Waals surface area contributed by atoms with Crippen LogP contribution in [0.2, 0.25) is 0 Å². The minimum Gasteiger partial charge on any atom is -0.381 e. The molecule has 2 fully saturated rings. The molecule has 1 N–H and O–H groups in total. The molecule has 2 aromatic rings. The molecule has 0 saturated carbocycles. The Morgan fingerprint density at radius 2 is 2.04 bits per heavy atom. The fourth-order valence-corrected chi connectivity index (χ4v) is 3.82. The number of carbonyl (C=O) groups is 2. The van der Waals surface area contributed by atoms with Crippen molar-refractivity contribution in [1.82, 2.24) is 20.0 Å². The van der Waals surface area contributed by atoms with Gasteiger partial charge in [0.1, 0.15) is 6.04 Å². The van der Waals surface area contributed by atoms with Crippen molar-refractivity contribution in [3.8, 4) is 5.69 Å². The predicted molar refractivity (Wildman–Crippen MR) is 99.5 cm³/mol. The van der Waals surface area contributed by atoms with Gasteiger partial charge in [-0.25, -0.2) is 9.48 Å². The van der Waals surface area contributed by atoms with Gasteiger partial charge in [-0.05, 0) is 43.4 Å². The summed E-state index contributed by atoms with van der Waals surface area (Å²) in [6.45, 7) is 1.82. The summed E-state index contributed by atoms with van der Waals surface area (Å²) in [7, 11) is 0. The molecule has 27 heavy (non-hydrogen) atoms. The van der Waals surface area contributed by atoms with Crippen LogP contribution < -0.4 is 5.32 Å². The number of nitrogens with one attached hydrogen (secondary N) is 1. The van der Waals surface area contributed by atoms with Crippen LogP contribution in [-0.4, -0.2) is 52.4 Å². The predicted octanol–water partition coefficient (Wildman–Crippen LogP) is 2.15. The minimum absolute atomic E-state index is 0.128. The molecular weight excluding hydrogens is 344 g/mol. The van der Waals surface area contributed by atoms with Gasteiger partial charge < -0.3 is 10.1 Å². The van der Waals surface area contributed by atoms with Crippen molar-refractivity contribution in [1.29, 1.82) is 0 Å². The number of ether oxygens (including phenoxy) is 1. The van der Waals surface area contributed by atoms with Crippen LogP contribution >= 0.6 is 0 Å². The zero-order valence-corrected chi connectivity index (χ0v) is 15.2. The van der Waals surface area contributed by atoms with E-state index in [1.165, 1.54) is 4.90 Å². The van der Waals surface area contributed by atoms with Gasteiger partial charge in [0, 0.05) is 38.1 Å². The van der Waals surface area contributed by atoms with Crippen LogP contribution in [0.4, 0.5) is 4.79 Å². The first-order valence-corrected chi connectivity index (χ1v) is 9.50. The first kappa shape index (κ1) is 17.7. The molecule has 1 aromatic heterocycles. The van der Waals surface area contributed by atoms with E-state index >= 15 is 0 Å². The summed E-state index contributed by atoms with van der Waals surface area (Å²) in [4.78, 5) is 26.3. The molecule has 3 amide bonds. The number of amides is 3. The number of rotatable bonds is 6. The number of para-hydroxylation sites is 1. The highest BCUT2D eigenvalue weighted by Crippen LogP contribution is 2.22. The number of hydrogen-bond acceptors (Lipinski definition) is 4. The summed E-state index contributed by atoms with van der Waals surface area (Å²) in [6, 6.07) is 11.0. The number of aromatic nitrogens is 2. The molecule has 2 aliphatic heterocycles. The maximum atomic E-state index is 12.7. The molecular formula is C20H24N4O3. The van der Waals surface area contributed by atoms with E-state index in [-0.39, 0.29) is 11.9 Å². The number of urea groups is 1. The van der Waals surface area contributed by atoms with Crippen molar-refractivity contribution in [3.05, 3.63) is 48.3 Å². The lowest BCUT2D eigenvalue weighted by Gasteiger charge is -2.23. The number of hydrogen-bond donors (Lipinski definition) is 1. The van der Waals surface area contributed by atoms with Gasteiger partial charge in [-0.15, -0.1) is 0 Å².